The monoisotopic (exact) mass is 268 g/mol. The van der Waals surface area contributed by atoms with Crippen molar-refractivity contribution in [2.75, 3.05) is 28.3 Å². The molecule has 19 heavy (non-hydrogen) atoms. The average molecular weight is 268 g/mol. The molecule has 1 rings (SSSR count). The number of ether oxygens (including phenoxy) is 1. The zero-order valence-electron chi connectivity index (χ0n) is 13.3. The second-order valence-electron chi connectivity index (χ2n) is 5.15. The molecule has 1 N–H and O–H groups in total. The Kier molecular flexibility index (Phi) is 5.38. The first-order chi connectivity index (χ1) is 8.98. The van der Waals surface area contributed by atoms with Crippen molar-refractivity contribution in [3.05, 3.63) is 11.9 Å². The van der Waals surface area contributed by atoms with Gasteiger partial charge in [0.05, 0.1) is 25.0 Å². The molecule has 0 fully saturated rings. The van der Waals surface area contributed by atoms with Crippen LogP contribution in [0.3, 0.4) is 0 Å². The van der Waals surface area contributed by atoms with Crippen LogP contribution in [-0.4, -0.2) is 48.5 Å². The van der Waals surface area contributed by atoms with Crippen LogP contribution in [0.15, 0.2) is 6.20 Å². The van der Waals surface area contributed by atoms with Gasteiger partial charge in [0.15, 0.2) is 5.75 Å². The number of rotatable bonds is 7. The number of hydrogen-bond acceptors (Lipinski definition) is 4. The standard InChI is InChI=1S/C14H28N4O/c1-8-14(9-2,17(4)5)13(15-3)12-11(19-7)10-16-18(12)6/h10,13,15H,8-9H2,1-7H3. The van der Waals surface area contributed by atoms with E-state index < -0.39 is 0 Å². The largest absolute Gasteiger partial charge is 0.493 e. The highest BCUT2D eigenvalue weighted by atomic mass is 16.5. The number of nitrogens with zero attached hydrogens (tertiary/aromatic N) is 3. The fourth-order valence-electron chi connectivity index (χ4n) is 3.12. The first kappa shape index (κ1) is 16.0. The third-order valence-corrected chi connectivity index (χ3v) is 4.38. The summed E-state index contributed by atoms with van der Waals surface area (Å²) >= 11 is 0. The number of hydrogen-bond donors (Lipinski definition) is 1. The van der Waals surface area contributed by atoms with Gasteiger partial charge >= 0.3 is 0 Å². The van der Waals surface area contributed by atoms with E-state index in [1.807, 2.05) is 18.8 Å². The summed E-state index contributed by atoms with van der Waals surface area (Å²) in [6.45, 7) is 4.47. The summed E-state index contributed by atoms with van der Waals surface area (Å²) in [4.78, 5) is 2.31. The molecule has 110 valence electrons. The van der Waals surface area contributed by atoms with Crippen LogP contribution in [0.5, 0.6) is 5.75 Å². The van der Waals surface area contributed by atoms with E-state index in [1.54, 1.807) is 13.3 Å². The molecule has 1 unspecified atom stereocenters. The van der Waals surface area contributed by atoms with E-state index in [0.717, 1.165) is 24.3 Å². The summed E-state index contributed by atoms with van der Waals surface area (Å²) in [6, 6.07) is 0.167. The smallest absolute Gasteiger partial charge is 0.161 e. The number of aromatic nitrogens is 2. The van der Waals surface area contributed by atoms with E-state index in [-0.39, 0.29) is 11.6 Å². The van der Waals surface area contributed by atoms with E-state index >= 15 is 0 Å². The Morgan fingerprint density at radius 1 is 1.42 bits per heavy atom. The van der Waals surface area contributed by atoms with Crippen LogP contribution in [0.2, 0.25) is 0 Å². The first-order valence-electron chi connectivity index (χ1n) is 6.89. The van der Waals surface area contributed by atoms with Crippen LogP contribution in [0.4, 0.5) is 0 Å². The molecule has 0 aliphatic rings. The lowest BCUT2D eigenvalue weighted by Crippen LogP contribution is -2.53. The van der Waals surface area contributed by atoms with Crippen molar-refractivity contribution in [3.63, 3.8) is 0 Å². The Morgan fingerprint density at radius 3 is 2.37 bits per heavy atom. The van der Waals surface area contributed by atoms with Gasteiger partial charge in [-0.15, -0.1) is 0 Å². The topological polar surface area (TPSA) is 42.3 Å². The lowest BCUT2D eigenvalue weighted by atomic mass is 9.81. The van der Waals surface area contributed by atoms with Crippen molar-refractivity contribution in [2.45, 2.75) is 38.3 Å². The molecule has 1 aromatic rings. The first-order valence-corrected chi connectivity index (χ1v) is 6.89. The fraction of sp³-hybridized carbons (Fsp3) is 0.786. The molecular formula is C14H28N4O. The molecule has 0 radical (unpaired) electrons. The predicted molar refractivity (Wildman–Crippen MR) is 78.6 cm³/mol. The summed E-state index contributed by atoms with van der Waals surface area (Å²) < 4.78 is 7.38. The van der Waals surface area contributed by atoms with Gasteiger partial charge in [0.1, 0.15) is 0 Å². The molecule has 1 atom stereocenters. The van der Waals surface area contributed by atoms with Crippen molar-refractivity contribution < 1.29 is 4.74 Å². The SMILES string of the molecule is CCC(CC)(C(NC)c1c(OC)cnn1C)N(C)C. The maximum atomic E-state index is 5.47. The number of nitrogens with one attached hydrogen (secondary N) is 1. The second-order valence-corrected chi connectivity index (χ2v) is 5.15. The Bertz CT molecular complexity index is 396. The highest BCUT2D eigenvalue weighted by Gasteiger charge is 2.40. The molecule has 0 aliphatic carbocycles. The Balaban J connectivity index is 3.35. The molecule has 0 saturated carbocycles. The molecule has 0 spiro atoms. The number of aryl methyl sites for hydroxylation is 1. The van der Waals surface area contributed by atoms with Crippen molar-refractivity contribution in [3.8, 4) is 5.75 Å². The third-order valence-electron chi connectivity index (χ3n) is 4.38. The van der Waals surface area contributed by atoms with Crippen LogP contribution in [0, 0.1) is 0 Å². The maximum Gasteiger partial charge on any atom is 0.161 e. The number of methoxy groups -OCH3 is 1. The summed E-state index contributed by atoms with van der Waals surface area (Å²) in [5.74, 6) is 0.843. The van der Waals surface area contributed by atoms with E-state index in [9.17, 15) is 0 Å². The average Bonchev–Trinajstić information content (AvgIpc) is 2.76. The van der Waals surface area contributed by atoms with Crippen molar-refractivity contribution in [2.24, 2.45) is 7.05 Å². The lowest BCUT2D eigenvalue weighted by Gasteiger charge is -2.45. The molecule has 0 aromatic carbocycles. The van der Waals surface area contributed by atoms with Crippen molar-refractivity contribution in [1.29, 1.82) is 0 Å². The van der Waals surface area contributed by atoms with Gasteiger partial charge in [-0.1, -0.05) is 13.8 Å². The minimum absolute atomic E-state index is 0.0375. The van der Waals surface area contributed by atoms with E-state index in [4.69, 9.17) is 4.74 Å². The molecule has 5 nitrogen and oxygen atoms in total. The van der Waals surface area contributed by atoms with E-state index in [2.05, 4.69) is 43.3 Å². The van der Waals surface area contributed by atoms with E-state index in [0.29, 0.717) is 0 Å². The summed E-state index contributed by atoms with van der Waals surface area (Å²) in [6.07, 6.45) is 3.89. The normalized spacial score (nSPS) is 13.9. The van der Waals surface area contributed by atoms with Crippen LogP contribution in [0.25, 0.3) is 0 Å². The zero-order chi connectivity index (χ0) is 14.6. The highest BCUT2D eigenvalue weighted by Crippen LogP contribution is 2.38. The predicted octanol–water partition coefficient (Wildman–Crippen LogP) is 1.81. The third kappa shape index (κ3) is 2.62. The molecular weight excluding hydrogens is 240 g/mol. The Hall–Kier alpha value is -1.07. The van der Waals surface area contributed by atoms with Crippen molar-refractivity contribution >= 4 is 0 Å². The van der Waals surface area contributed by atoms with Gasteiger partial charge in [0.2, 0.25) is 0 Å². The summed E-state index contributed by atoms with van der Waals surface area (Å²) in [5.41, 5.74) is 1.14. The minimum Gasteiger partial charge on any atom is -0.493 e. The zero-order valence-corrected chi connectivity index (χ0v) is 13.3. The molecule has 0 saturated heterocycles. The summed E-state index contributed by atoms with van der Waals surface area (Å²) in [7, 11) is 9.94. The molecule has 0 amide bonds. The van der Waals surface area contributed by atoms with Crippen LogP contribution in [0.1, 0.15) is 38.4 Å². The molecule has 0 bridgehead atoms. The van der Waals surface area contributed by atoms with Crippen LogP contribution >= 0.6 is 0 Å². The summed E-state index contributed by atoms with van der Waals surface area (Å²) in [5, 5.41) is 7.79. The van der Waals surface area contributed by atoms with Gasteiger partial charge in [-0.25, -0.2) is 0 Å². The fourth-order valence-corrected chi connectivity index (χ4v) is 3.12. The van der Waals surface area contributed by atoms with Gasteiger partial charge < -0.3 is 15.0 Å². The minimum atomic E-state index is 0.0375. The second kappa shape index (κ2) is 6.39. The van der Waals surface area contributed by atoms with E-state index in [1.165, 1.54) is 0 Å². The molecule has 5 heteroatoms. The van der Waals surface area contributed by atoms with Crippen molar-refractivity contribution in [1.82, 2.24) is 20.0 Å². The highest BCUT2D eigenvalue weighted by molar-refractivity contribution is 5.31. The van der Waals surface area contributed by atoms with Gasteiger partial charge in [-0.05, 0) is 34.0 Å². The Morgan fingerprint density at radius 2 is 2.00 bits per heavy atom. The van der Waals surface area contributed by atoms with Gasteiger partial charge in [-0.3, -0.25) is 4.68 Å². The molecule has 1 heterocycles. The van der Waals surface area contributed by atoms with Gasteiger partial charge in [-0.2, -0.15) is 5.10 Å². The number of likely N-dealkylation sites (N-methyl/N-ethyl adjacent to an activating group) is 2. The van der Waals surface area contributed by atoms with Crippen LogP contribution in [-0.2, 0) is 7.05 Å². The quantitative estimate of drug-likeness (QED) is 0.819. The maximum absolute atomic E-state index is 5.47. The van der Waals surface area contributed by atoms with Gasteiger partial charge in [0, 0.05) is 12.6 Å². The van der Waals surface area contributed by atoms with Crippen LogP contribution < -0.4 is 10.1 Å². The van der Waals surface area contributed by atoms with Gasteiger partial charge in [0.25, 0.3) is 0 Å². The Labute approximate surface area is 116 Å². The molecule has 1 aromatic heterocycles. The molecule has 0 aliphatic heterocycles. The lowest BCUT2D eigenvalue weighted by molar-refractivity contribution is 0.0868.